The van der Waals surface area contributed by atoms with Crippen molar-refractivity contribution in [1.82, 2.24) is 15.3 Å². The fraction of sp³-hybridized carbons (Fsp3) is 0.500. The first-order valence-corrected chi connectivity index (χ1v) is 5.36. The molecule has 18 heavy (non-hydrogen) atoms. The summed E-state index contributed by atoms with van der Waals surface area (Å²) >= 11 is 0. The number of hydrogen-bond donors (Lipinski definition) is 5. The van der Waals surface area contributed by atoms with Gasteiger partial charge in [-0.1, -0.05) is 0 Å². The average Bonchev–Trinajstić information content (AvgIpc) is 2.79. The van der Waals surface area contributed by atoms with E-state index in [0.29, 0.717) is 5.69 Å². The SMILES string of the molecule is C[C@@H](N[C@@H](Cc1cnc[nH]1)C(=O)O)[C@H](N)C(=O)O. The lowest BCUT2D eigenvalue weighted by Gasteiger charge is -2.22. The summed E-state index contributed by atoms with van der Waals surface area (Å²) in [6.07, 6.45) is 3.13. The zero-order valence-electron chi connectivity index (χ0n) is 9.83. The zero-order chi connectivity index (χ0) is 13.7. The van der Waals surface area contributed by atoms with Gasteiger partial charge in [-0.15, -0.1) is 0 Å². The van der Waals surface area contributed by atoms with E-state index in [9.17, 15) is 9.59 Å². The van der Waals surface area contributed by atoms with Gasteiger partial charge in [0.1, 0.15) is 12.1 Å². The van der Waals surface area contributed by atoms with Crippen LogP contribution in [0.1, 0.15) is 12.6 Å². The van der Waals surface area contributed by atoms with Crippen molar-refractivity contribution in [2.45, 2.75) is 31.5 Å². The summed E-state index contributed by atoms with van der Waals surface area (Å²) in [5.74, 6) is -2.25. The fourth-order valence-corrected chi connectivity index (χ4v) is 1.47. The second kappa shape index (κ2) is 6.12. The van der Waals surface area contributed by atoms with Crippen LogP contribution in [-0.4, -0.2) is 50.2 Å². The second-order valence-corrected chi connectivity index (χ2v) is 3.99. The molecule has 0 amide bonds. The summed E-state index contributed by atoms with van der Waals surface area (Å²) < 4.78 is 0. The van der Waals surface area contributed by atoms with Gasteiger partial charge in [-0.2, -0.15) is 0 Å². The molecule has 0 saturated carbocycles. The number of hydrogen-bond acceptors (Lipinski definition) is 5. The van der Waals surface area contributed by atoms with Crippen LogP contribution >= 0.6 is 0 Å². The highest BCUT2D eigenvalue weighted by Crippen LogP contribution is 2.01. The average molecular weight is 256 g/mol. The molecule has 0 fully saturated rings. The number of aromatic amines is 1. The first-order chi connectivity index (χ1) is 8.41. The van der Waals surface area contributed by atoms with Gasteiger partial charge in [0.15, 0.2) is 0 Å². The minimum atomic E-state index is -1.18. The molecule has 3 atom stereocenters. The van der Waals surface area contributed by atoms with Crippen LogP contribution in [0.2, 0.25) is 0 Å². The number of nitrogens with zero attached hydrogens (tertiary/aromatic N) is 1. The van der Waals surface area contributed by atoms with E-state index in [-0.39, 0.29) is 6.42 Å². The fourth-order valence-electron chi connectivity index (χ4n) is 1.47. The number of nitrogens with one attached hydrogen (secondary N) is 2. The molecular weight excluding hydrogens is 240 g/mol. The third-order valence-corrected chi connectivity index (χ3v) is 2.56. The van der Waals surface area contributed by atoms with E-state index in [1.54, 1.807) is 0 Å². The minimum Gasteiger partial charge on any atom is -0.480 e. The molecule has 0 aliphatic heterocycles. The Kier molecular flexibility index (Phi) is 4.81. The van der Waals surface area contributed by atoms with E-state index in [1.165, 1.54) is 19.4 Å². The molecule has 8 heteroatoms. The summed E-state index contributed by atoms with van der Waals surface area (Å²) in [5.41, 5.74) is 6.05. The maximum absolute atomic E-state index is 11.1. The highest BCUT2D eigenvalue weighted by molar-refractivity contribution is 5.75. The Bertz CT molecular complexity index is 406. The lowest BCUT2D eigenvalue weighted by Crippen LogP contribution is -2.53. The zero-order valence-corrected chi connectivity index (χ0v) is 9.83. The Morgan fingerprint density at radius 1 is 1.50 bits per heavy atom. The highest BCUT2D eigenvalue weighted by Gasteiger charge is 2.26. The van der Waals surface area contributed by atoms with Crippen molar-refractivity contribution in [3.8, 4) is 0 Å². The number of carbonyl (C=O) groups is 2. The Morgan fingerprint density at radius 3 is 2.61 bits per heavy atom. The van der Waals surface area contributed by atoms with Crippen molar-refractivity contribution >= 4 is 11.9 Å². The predicted molar refractivity (Wildman–Crippen MR) is 61.9 cm³/mol. The molecule has 0 aliphatic rings. The van der Waals surface area contributed by atoms with E-state index in [4.69, 9.17) is 15.9 Å². The molecule has 0 aromatic carbocycles. The van der Waals surface area contributed by atoms with Crippen LogP contribution in [0.4, 0.5) is 0 Å². The van der Waals surface area contributed by atoms with Crippen LogP contribution in [0.25, 0.3) is 0 Å². The number of carboxylic acid groups (broad SMARTS) is 2. The molecule has 8 nitrogen and oxygen atoms in total. The molecule has 0 saturated heterocycles. The Labute approximate surface area is 103 Å². The van der Waals surface area contributed by atoms with Crippen molar-refractivity contribution in [3.63, 3.8) is 0 Å². The summed E-state index contributed by atoms with van der Waals surface area (Å²) in [6.45, 7) is 1.53. The smallest absolute Gasteiger partial charge is 0.322 e. The Hall–Kier alpha value is -1.93. The molecule has 1 rings (SSSR count). The maximum atomic E-state index is 11.1. The van der Waals surface area contributed by atoms with Crippen LogP contribution in [-0.2, 0) is 16.0 Å². The van der Waals surface area contributed by atoms with E-state index in [1.807, 2.05) is 0 Å². The van der Waals surface area contributed by atoms with E-state index in [2.05, 4.69) is 15.3 Å². The molecular formula is C10H16N4O4. The Morgan fingerprint density at radius 2 is 2.17 bits per heavy atom. The molecule has 6 N–H and O–H groups in total. The normalized spacial score (nSPS) is 15.9. The lowest BCUT2D eigenvalue weighted by atomic mass is 10.1. The lowest BCUT2D eigenvalue weighted by molar-refractivity contribution is -0.142. The van der Waals surface area contributed by atoms with E-state index in [0.717, 1.165) is 0 Å². The van der Waals surface area contributed by atoms with Gasteiger partial charge in [0, 0.05) is 24.4 Å². The third kappa shape index (κ3) is 3.82. The van der Waals surface area contributed by atoms with Crippen LogP contribution < -0.4 is 11.1 Å². The molecule has 1 aromatic heterocycles. The molecule has 100 valence electrons. The number of H-pyrrole nitrogens is 1. The van der Waals surface area contributed by atoms with Gasteiger partial charge in [0.25, 0.3) is 0 Å². The molecule has 0 spiro atoms. The molecule has 1 aromatic rings. The largest absolute Gasteiger partial charge is 0.480 e. The number of nitrogens with two attached hydrogens (primary N) is 1. The number of rotatable bonds is 7. The molecule has 0 aliphatic carbocycles. The van der Waals surface area contributed by atoms with Crippen molar-refractivity contribution in [2.75, 3.05) is 0 Å². The van der Waals surface area contributed by atoms with Crippen molar-refractivity contribution in [1.29, 1.82) is 0 Å². The minimum absolute atomic E-state index is 0.173. The van der Waals surface area contributed by atoms with Gasteiger partial charge < -0.3 is 20.9 Å². The third-order valence-electron chi connectivity index (χ3n) is 2.56. The molecule has 0 bridgehead atoms. The van der Waals surface area contributed by atoms with E-state index < -0.39 is 30.1 Å². The first-order valence-electron chi connectivity index (χ1n) is 5.36. The quantitative estimate of drug-likeness (QED) is 0.412. The first kappa shape index (κ1) is 14.1. The summed E-state index contributed by atoms with van der Waals surface area (Å²) in [7, 11) is 0. The summed E-state index contributed by atoms with van der Waals surface area (Å²) in [5, 5.41) is 20.5. The van der Waals surface area contributed by atoms with Gasteiger partial charge in [0.2, 0.25) is 0 Å². The van der Waals surface area contributed by atoms with Crippen molar-refractivity contribution < 1.29 is 19.8 Å². The Balaban J connectivity index is 2.63. The van der Waals surface area contributed by atoms with Crippen LogP contribution in [0, 0.1) is 0 Å². The van der Waals surface area contributed by atoms with E-state index >= 15 is 0 Å². The van der Waals surface area contributed by atoms with Crippen LogP contribution in [0.3, 0.4) is 0 Å². The molecule has 0 radical (unpaired) electrons. The van der Waals surface area contributed by atoms with Crippen LogP contribution in [0.5, 0.6) is 0 Å². The topological polar surface area (TPSA) is 141 Å². The number of imidazole rings is 1. The number of aliphatic carboxylic acids is 2. The van der Waals surface area contributed by atoms with Crippen molar-refractivity contribution in [2.24, 2.45) is 5.73 Å². The van der Waals surface area contributed by atoms with Crippen LogP contribution in [0.15, 0.2) is 12.5 Å². The monoisotopic (exact) mass is 256 g/mol. The molecule has 1 heterocycles. The maximum Gasteiger partial charge on any atom is 0.322 e. The molecule has 0 unspecified atom stereocenters. The second-order valence-electron chi connectivity index (χ2n) is 3.99. The van der Waals surface area contributed by atoms with Gasteiger partial charge in [0.05, 0.1) is 6.33 Å². The predicted octanol–water partition coefficient (Wildman–Crippen LogP) is -1.20. The highest BCUT2D eigenvalue weighted by atomic mass is 16.4. The van der Waals surface area contributed by atoms with Gasteiger partial charge in [-0.3, -0.25) is 14.9 Å². The number of aromatic nitrogens is 2. The van der Waals surface area contributed by atoms with Gasteiger partial charge in [-0.05, 0) is 6.92 Å². The summed E-state index contributed by atoms with van der Waals surface area (Å²) in [6, 6.07) is -2.74. The summed E-state index contributed by atoms with van der Waals surface area (Å²) in [4.78, 5) is 28.3. The van der Waals surface area contributed by atoms with Gasteiger partial charge >= 0.3 is 11.9 Å². The number of carboxylic acids is 2. The van der Waals surface area contributed by atoms with Gasteiger partial charge in [-0.25, -0.2) is 4.98 Å². The standard InChI is InChI=1S/C10H16N4O4/c1-5(8(11)10(17)18)14-7(9(15)16)2-6-3-12-4-13-6/h3-5,7-8,14H,2,11H2,1H3,(H,12,13)(H,15,16)(H,17,18)/t5-,7+,8+/m1/s1. The van der Waals surface area contributed by atoms with Crippen molar-refractivity contribution in [3.05, 3.63) is 18.2 Å².